The number of benzene rings is 1. The average molecular weight is 239 g/mol. The Morgan fingerprint density at radius 3 is 2.76 bits per heavy atom. The quantitative estimate of drug-likeness (QED) is 0.423. The van der Waals surface area contributed by atoms with Crippen LogP contribution in [0.4, 0.5) is 16.2 Å². The zero-order valence-electron chi connectivity index (χ0n) is 9.27. The van der Waals surface area contributed by atoms with Gasteiger partial charge in [-0.15, -0.1) is 0 Å². The molecule has 0 unspecified atom stereocenters. The summed E-state index contributed by atoms with van der Waals surface area (Å²) in [5, 5.41) is 24.8. The van der Waals surface area contributed by atoms with E-state index in [1.807, 2.05) is 6.92 Å². The molecule has 1 rings (SSSR count). The Bertz CT molecular complexity index is 434. The van der Waals surface area contributed by atoms with Crippen LogP contribution in [0.25, 0.3) is 0 Å². The molecule has 0 fully saturated rings. The lowest BCUT2D eigenvalue weighted by atomic mass is 10.2. The molecule has 0 saturated carbocycles. The van der Waals surface area contributed by atoms with Crippen LogP contribution in [0.2, 0.25) is 0 Å². The predicted molar refractivity (Wildman–Crippen MR) is 62.1 cm³/mol. The Kier molecular flexibility index (Phi) is 4.27. The highest BCUT2D eigenvalue weighted by atomic mass is 16.6. The summed E-state index contributed by atoms with van der Waals surface area (Å²) in [4.78, 5) is 21.1. The van der Waals surface area contributed by atoms with Crippen molar-refractivity contribution < 1.29 is 14.8 Å². The van der Waals surface area contributed by atoms with E-state index < -0.39 is 11.0 Å². The maximum absolute atomic E-state index is 11.3. The third-order valence-corrected chi connectivity index (χ3v) is 1.98. The molecule has 0 heterocycles. The number of non-ortho nitro benzene ring substituents is 1. The van der Waals surface area contributed by atoms with E-state index in [0.717, 1.165) is 12.5 Å². The van der Waals surface area contributed by atoms with Crippen molar-refractivity contribution in [1.82, 2.24) is 5.32 Å². The molecule has 2 amide bonds. The monoisotopic (exact) mass is 239 g/mol. The Hall–Kier alpha value is -2.31. The van der Waals surface area contributed by atoms with E-state index in [-0.39, 0.29) is 17.1 Å². The van der Waals surface area contributed by atoms with Crippen LogP contribution in [-0.4, -0.2) is 22.6 Å². The van der Waals surface area contributed by atoms with Gasteiger partial charge < -0.3 is 15.7 Å². The Morgan fingerprint density at radius 1 is 1.53 bits per heavy atom. The summed E-state index contributed by atoms with van der Waals surface area (Å²) in [7, 11) is 0. The molecule has 7 heteroatoms. The number of phenolic OH excluding ortho intramolecular Hbond substituents is 1. The van der Waals surface area contributed by atoms with Gasteiger partial charge in [0.2, 0.25) is 0 Å². The molecule has 0 aliphatic rings. The fourth-order valence-corrected chi connectivity index (χ4v) is 1.14. The van der Waals surface area contributed by atoms with Crippen molar-refractivity contribution in [2.24, 2.45) is 0 Å². The minimum atomic E-state index is -0.624. The van der Waals surface area contributed by atoms with Crippen LogP contribution < -0.4 is 10.6 Å². The molecule has 0 saturated heterocycles. The van der Waals surface area contributed by atoms with Crippen molar-refractivity contribution in [2.45, 2.75) is 13.3 Å². The zero-order chi connectivity index (χ0) is 12.8. The van der Waals surface area contributed by atoms with E-state index in [9.17, 15) is 20.0 Å². The third kappa shape index (κ3) is 3.63. The topological polar surface area (TPSA) is 104 Å². The lowest BCUT2D eigenvalue weighted by Gasteiger charge is -2.07. The van der Waals surface area contributed by atoms with Crippen molar-refractivity contribution in [2.75, 3.05) is 11.9 Å². The number of amides is 2. The number of hydrogen-bond acceptors (Lipinski definition) is 4. The second-order valence-corrected chi connectivity index (χ2v) is 3.34. The van der Waals surface area contributed by atoms with Crippen LogP contribution in [0.15, 0.2) is 18.2 Å². The van der Waals surface area contributed by atoms with Crippen molar-refractivity contribution in [3.05, 3.63) is 28.3 Å². The van der Waals surface area contributed by atoms with Gasteiger partial charge in [0.1, 0.15) is 5.75 Å². The molecular weight excluding hydrogens is 226 g/mol. The van der Waals surface area contributed by atoms with Crippen molar-refractivity contribution in [3.63, 3.8) is 0 Å². The molecule has 0 radical (unpaired) electrons. The van der Waals surface area contributed by atoms with Crippen LogP contribution in [-0.2, 0) is 0 Å². The molecular formula is C10H13N3O4. The van der Waals surface area contributed by atoms with Gasteiger partial charge in [0, 0.05) is 12.6 Å². The molecule has 7 nitrogen and oxygen atoms in total. The highest BCUT2D eigenvalue weighted by Gasteiger charge is 2.11. The number of nitrogens with one attached hydrogen (secondary N) is 2. The summed E-state index contributed by atoms with van der Waals surface area (Å²) in [5.74, 6) is -0.342. The predicted octanol–water partition coefficient (Wildman–Crippen LogP) is 1.83. The first kappa shape index (κ1) is 12.8. The van der Waals surface area contributed by atoms with E-state index in [1.54, 1.807) is 0 Å². The normalized spacial score (nSPS) is 9.71. The summed E-state index contributed by atoms with van der Waals surface area (Å²) >= 11 is 0. The minimum absolute atomic E-state index is 0.129. The van der Waals surface area contributed by atoms with E-state index in [4.69, 9.17) is 0 Å². The van der Waals surface area contributed by atoms with Crippen LogP contribution in [0, 0.1) is 10.1 Å². The highest BCUT2D eigenvalue weighted by Crippen LogP contribution is 2.27. The number of nitro benzene ring substituents is 1. The fraction of sp³-hybridized carbons (Fsp3) is 0.300. The molecule has 0 aliphatic heterocycles. The third-order valence-electron chi connectivity index (χ3n) is 1.98. The number of carbonyl (C=O) groups is 1. The molecule has 0 aliphatic carbocycles. The van der Waals surface area contributed by atoms with Crippen molar-refractivity contribution in [3.8, 4) is 5.75 Å². The van der Waals surface area contributed by atoms with Crippen molar-refractivity contribution in [1.29, 1.82) is 0 Å². The van der Waals surface area contributed by atoms with Gasteiger partial charge in [-0.2, -0.15) is 0 Å². The Balaban J connectivity index is 2.72. The first-order chi connectivity index (χ1) is 8.04. The Morgan fingerprint density at radius 2 is 2.24 bits per heavy atom. The maximum Gasteiger partial charge on any atom is 0.319 e. The number of aromatic hydroxyl groups is 1. The molecule has 92 valence electrons. The largest absolute Gasteiger partial charge is 0.506 e. The highest BCUT2D eigenvalue weighted by molar-refractivity contribution is 5.91. The van der Waals surface area contributed by atoms with Crippen molar-refractivity contribution >= 4 is 17.4 Å². The van der Waals surface area contributed by atoms with Crippen LogP contribution in [0.1, 0.15) is 13.3 Å². The second-order valence-electron chi connectivity index (χ2n) is 3.34. The average Bonchev–Trinajstić information content (AvgIpc) is 2.28. The van der Waals surface area contributed by atoms with E-state index >= 15 is 0 Å². The minimum Gasteiger partial charge on any atom is -0.506 e. The summed E-state index contributed by atoms with van der Waals surface area (Å²) in [6.45, 7) is 2.42. The summed E-state index contributed by atoms with van der Waals surface area (Å²) in [5.41, 5.74) is -0.105. The lowest BCUT2D eigenvalue weighted by Crippen LogP contribution is -2.29. The van der Waals surface area contributed by atoms with Gasteiger partial charge in [0.25, 0.3) is 5.69 Å². The van der Waals surface area contributed by atoms with Crippen LogP contribution in [0.5, 0.6) is 5.75 Å². The van der Waals surface area contributed by atoms with Gasteiger partial charge in [-0.3, -0.25) is 10.1 Å². The summed E-state index contributed by atoms with van der Waals surface area (Å²) in [6.07, 6.45) is 0.791. The molecule has 17 heavy (non-hydrogen) atoms. The number of rotatable bonds is 4. The molecule has 0 aromatic heterocycles. The van der Waals surface area contributed by atoms with Gasteiger partial charge in [-0.25, -0.2) is 4.79 Å². The number of nitrogens with zero attached hydrogens (tertiary/aromatic N) is 1. The molecule has 0 atom stereocenters. The second kappa shape index (κ2) is 5.69. The van der Waals surface area contributed by atoms with E-state index in [2.05, 4.69) is 10.6 Å². The van der Waals surface area contributed by atoms with Gasteiger partial charge in [-0.1, -0.05) is 6.92 Å². The van der Waals surface area contributed by atoms with Gasteiger partial charge in [-0.05, 0) is 12.5 Å². The first-order valence-electron chi connectivity index (χ1n) is 5.07. The number of hydrogen-bond donors (Lipinski definition) is 3. The van der Waals surface area contributed by atoms with Crippen LogP contribution >= 0.6 is 0 Å². The summed E-state index contributed by atoms with van der Waals surface area (Å²) in [6, 6.07) is 3.00. The molecule has 1 aromatic rings. The molecule has 1 aromatic carbocycles. The number of phenols is 1. The molecule has 0 spiro atoms. The Labute approximate surface area is 97.6 Å². The van der Waals surface area contributed by atoms with Gasteiger partial charge in [0.05, 0.1) is 16.7 Å². The molecule has 0 bridgehead atoms. The smallest absolute Gasteiger partial charge is 0.319 e. The maximum atomic E-state index is 11.3. The number of urea groups is 1. The first-order valence-corrected chi connectivity index (χ1v) is 5.07. The van der Waals surface area contributed by atoms with Gasteiger partial charge >= 0.3 is 6.03 Å². The lowest BCUT2D eigenvalue weighted by molar-refractivity contribution is -0.384. The number of carbonyl (C=O) groups excluding carboxylic acids is 1. The number of nitro groups is 1. The molecule has 3 N–H and O–H groups in total. The summed E-state index contributed by atoms with van der Waals surface area (Å²) < 4.78 is 0. The van der Waals surface area contributed by atoms with Gasteiger partial charge in [0.15, 0.2) is 0 Å². The fourth-order valence-electron chi connectivity index (χ4n) is 1.14. The van der Waals surface area contributed by atoms with Crippen LogP contribution in [0.3, 0.4) is 0 Å². The standard InChI is InChI=1S/C10H13N3O4/c1-2-5-11-10(15)12-8-4-3-7(13(16)17)6-9(8)14/h3-4,6,14H,2,5H2,1H3,(H2,11,12,15). The SMILES string of the molecule is CCCNC(=O)Nc1ccc([N+](=O)[O-])cc1O. The van der Waals surface area contributed by atoms with E-state index in [1.165, 1.54) is 12.1 Å². The number of anilines is 1. The zero-order valence-corrected chi connectivity index (χ0v) is 9.27. The van der Waals surface area contributed by atoms with E-state index in [0.29, 0.717) is 6.54 Å².